The summed E-state index contributed by atoms with van der Waals surface area (Å²) in [6.07, 6.45) is 1.27. The van der Waals surface area contributed by atoms with Gasteiger partial charge in [-0.15, -0.1) is 0 Å². The highest BCUT2D eigenvalue weighted by Crippen LogP contribution is 2.25. The summed E-state index contributed by atoms with van der Waals surface area (Å²) in [5.41, 5.74) is 0.983. The van der Waals surface area contributed by atoms with Gasteiger partial charge in [0, 0.05) is 13.1 Å². The van der Waals surface area contributed by atoms with Crippen LogP contribution in [-0.2, 0) is 4.79 Å². The van der Waals surface area contributed by atoms with Gasteiger partial charge in [-0.3, -0.25) is 9.59 Å². The van der Waals surface area contributed by atoms with Gasteiger partial charge < -0.3 is 15.0 Å². The van der Waals surface area contributed by atoms with E-state index >= 15 is 0 Å². The summed E-state index contributed by atoms with van der Waals surface area (Å²) in [5.74, 6) is 0.0444. The lowest BCUT2D eigenvalue weighted by atomic mass is 10.1. The van der Waals surface area contributed by atoms with E-state index in [0.29, 0.717) is 22.0 Å². The molecule has 1 fully saturated rings. The van der Waals surface area contributed by atoms with Crippen molar-refractivity contribution in [3.05, 3.63) is 59.1 Å². The van der Waals surface area contributed by atoms with Crippen LogP contribution < -0.4 is 10.1 Å². The number of rotatable bonds is 5. The number of benzene rings is 2. The number of halogens is 1. The van der Waals surface area contributed by atoms with Crippen LogP contribution >= 0.6 is 11.6 Å². The van der Waals surface area contributed by atoms with Crippen LogP contribution in [0.1, 0.15) is 30.1 Å². The van der Waals surface area contributed by atoms with E-state index in [1.807, 2.05) is 4.90 Å². The molecule has 26 heavy (non-hydrogen) atoms. The first-order valence-electron chi connectivity index (χ1n) is 8.66. The summed E-state index contributed by atoms with van der Waals surface area (Å²) >= 11 is 6.07. The lowest BCUT2D eigenvalue weighted by Gasteiger charge is -2.19. The molecule has 0 spiro atoms. The van der Waals surface area contributed by atoms with Crippen LogP contribution in [0.3, 0.4) is 0 Å². The number of para-hydroxylation sites is 2. The number of anilines is 1. The molecule has 0 bridgehead atoms. The molecule has 2 aromatic rings. The molecule has 1 heterocycles. The Morgan fingerprint density at radius 2 is 1.73 bits per heavy atom. The van der Waals surface area contributed by atoms with Crippen LogP contribution in [0.15, 0.2) is 48.5 Å². The molecular formula is C20H21ClN2O3. The molecule has 1 aliphatic heterocycles. The highest BCUT2D eigenvalue weighted by molar-refractivity contribution is 6.32. The van der Waals surface area contributed by atoms with Crippen LogP contribution in [0.5, 0.6) is 5.75 Å². The van der Waals surface area contributed by atoms with Crippen molar-refractivity contribution in [2.75, 3.05) is 18.4 Å². The van der Waals surface area contributed by atoms with Crippen molar-refractivity contribution in [2.45, 2.75) is 25.9 Å². The maximum absolute atomic E-state index is 12.7. The van der Waals surface area contributed by atoms with Gasteiger partial charge >= 0.3 is 0 Å². The van der Waals surface area contributed by atoms with Crippen LogP contribution in [0.25, 0.3) is 0 Å². The maximum atomic E-state index is 12.7. The number of hydrogen-bond donors (Lipinski definition) is 1. The Balaban J connectivity index is 1.71. The second kappa shape index (κ2) is 8.23. The van der Waals surface area contributed by atoms with E-state index in [1.54, 1.807) is 55.5 Å². The SMILES string of the molecule is CC(Oc1ccccc1Cl)C(=O)Nc1ccccc1C(=O)N1CCCC1. The van der Waals surface area contributed by atoms with Gasteiger partial charge in [0.05, 0.1) is 16.3 Å². The lowest BCUT2D eigenvalue weighted by molar-refractivity contribution is -0.122. The first kappa shape index (κ1) is 18.3. The Morgan fingerprint density at radius 3 is 2.46 bits per heavy atom. The molecule has 1 N–H and O–H groups in total. The first-order chi connectivity index (χ1) is 12.6. The fourth-order valence-electron chi connectivity index (χ4n) is 2.89. The van der Waals surface area contributed by atoms with Crippen molar-refractivity contribution >= 4 is 29.1 Å². The van der Waals surface area contributed by atoms with Gasteiger partial charge in [-0.25, -0.2) is 0 Å². The molecule has 1 unspecified atom stereocenters. The first-order valence-corrected chi connectivity index (χ1v) is 9.04. The fourth-order valence-corrected chi connectivity index (χ4v) is 3.07. The lowest BCUT2D eigenvalue weighted by Crippen LogP contribution is -2.32. The van der Waals surface area contributed by atoms with Gasteiger partial charge in [-0.1, -0.05) is 35.9 Å². The predicted octanol–water partition coefficient (Wildman–Crippen LogP) is 3.98. The van der Waals surface area contributed by atoms with Crippen LogP contribution in [-0.4, -0.2) is 35.9 Å². The third-order valence-electron chi connectivity index (χ3n) is 4.32. The average Bonchev–Trinajstić information content (AvgIpc) is 3.18. The highest BCUT2D eigenvalue weighted by atomic mass is 35.5. The third-order valence-corrected chi connectivity index (χ3v) is 4.63. The second-order valence-corrected chi connectivity index (χ2v) is 6.63. The zero-order chi connectivity index (χ0) is 18.5. The van der Waals surface area contributed by atoms with E-state index in [9.17, 15) is 9.59 Å². The minimum absolute atomic E-state index is 0.0573. The van der Waals surface area contributed by atoms with E-state index in [0.717, 1.165) is 25.9 Å². The van der Waals surface area contributed by atoms with Crippen molar-refractivity contribution in [3.8, 4) is 5.75 Å². The van der Waals surface area contributed by atoms with Gasteiger partial charge in [0.2, 0.25) is 0 Å². The Kier molecular flexibility index (Phi) is 5.78. The molecule has 3 rings (SSSR count). The molecule has 0 aromatic heterocycles. The van der Waals surface area contributed by atoms with Gasteiger partial charge in [0.25, 0.3) is 11.8 Å². The molecule has 1 atom stereocenters. The molecule has 2 aromatic carbocycles. The number of hydrogen-bond acceptors (Lipinski definition) is 3. The molecule has 0 saturated carbocycles. The quantitative estimate of drug-likeness (QED) is 0.863. The molecule has 0 aliphatic carbocycles. The Labute approximate surface area is 157 Å². The summed E-state index contributed by atoms with van der Waals surface area (Å²) in [4.78, 5) is 27.0. The number of nitrogens with one attached hydrogen (secondary N) is 1. The average molecular weight is 373 g/mol. The second-order valence-electron chi connectivity index (χ2n) is 6.22. The third kappa shape index (κ3) is 4.17. The van der Waals surface area contributed by atoms with E-state index in [-0.39, 0.29) is 11.8 Å². The van der Waals surface area contributed by atoms with Crippen molar-refractivity contribution in [1.29, 1.82) is 0 Å². The molecule has 2 amide bonds. The number of carbonyl (C=O) groups excluding carboxylic acids is 2. The molecule has 1 aliphatic rings. The largest absolute Gasteiger partial charge is 0.479 e. The fraction of sp³-hybridized carbons (Fsp3) is 0.300. The van der Waals surface area contributed by atoms with Gasteiger partial charge in [-0.2, -0.15) is 0 Å². The smallest absolute Gasteiger partial charge is 0.265 e. The van der Waals surface area contributed by atoms with Crippen LogP contribution in [0.4, 0.5) is 5.69 Å². The Hall–Kier alpha value is -2.53. The van der Waals surface area contributed by atoms with E-state index in [1.165, 1.54) is 0 Å². The van der Waals surface area contributed by atoms with Crippen molar-refractivity contribution in [1.82, 2.24) is 4.90 Å². The molecule has 6 heteroatoms. The van der Waals surface area contributed by atoms with Crippen molar-refractivity contribution in [3.63, 3.8) is 0 Å². The zero-order valence-corrected chi connectivity index (χ0v) is 15.3. The predicted molar refractivity (Wildman–Crippen MR) is 102 cm³/mol. The number of likely N-dealkylation sites (tertiary alicyclic amines) is 1. The number of nitrogens with zero attached hydrogens (tertiary/aromatic N) is 1. The topological polar surface area (TPSA) is 58.6 Å². The monoisotopic (exact) mass is 372 g/mol. The van der Waals surface area contributed by atoms with Gasteiger partial charge in [0.1, 0.15) is 5.75 Å². The molecule has 5 nitrogen and oxygen atoms in total. The van der Waals surface area contributed by atoms with Crippen molar-refractivity contribution < 1.29 is 14.3 Å². The minimum atomic E-state index is -0.759. The maximum Gasteiger partial charge on any atom is 0.265 e. The zero-order valence-electron chi connectivity index (χ0n) is 14.6. The standard InChI is InChI=1S/C20H21ClN2O3/c1-14(26-18-11-5-3-9-16(18)21)19(24)22-17-10-4-2-8-15(17)20(25)23-12-6-7-13-23/h2-5,8-11,14H,6-7,12-13H2,1H3,(H,22,24). The summed E-state index contributed by atoms with van der Waals surface area (Å²) in [5, 5.41) is 3.24. The van der Waals surface area contributed by atoms with Gasteiger partial charge in [0.15, 0.2) is 6.10 Å². The van der Waals surface area contributed by atoms with Gasteiger partial charge in [-0.05, 0) is 44.0 Å². The number of ether oxygens (including phenoxy) is 1. The normalized spacial score (nSPS) is 14.8. The van der Waals surface area contributed by atoms with Crippen molar-refractivity contribution in [2.24, 2.45) is 0 Å². The van der Waals surface area contributed by atoms with E-state index in [4.69, 9.17) is 16.3 Å². The molecule has 136 valence electrons. The highest BCUT2D eigenvalue weighted by Gasteiger charge is 2.23. The number of carbonyl (C=O) groups is 2. The van der Waals surface area contributed by atoms with E-state index in [2.05, 4.69) is 5.32 Å². The molecular weight excluding hydrogens is 352 g/mol. The minimum Gasteiger partial charge on any atom is -0.479 e. The number of amides is 2. The Bertz CT molecular complexity index is 803. The van der Waals surface area contributed by atoms with E-state index < -0.39 is 6.10 Å². The molecule has 0 radical (unpaired) electrons. The summed E-state index contributed by atoms with van der Waals surface area (Å²) in [7, 11) is 0. The summed E-state index contributed by atoms with van der Waals surface area (Å²) < 4.78 is 5.64. The summed E-state index contributed by atoms with van der Waals surface area (Å²) in [6.45, 7) is 3.16. The van der Waals surface area contributed by atoms with Crippen LogP contribution in [0, 0.1) is 0 Å². The molecule has 1 saturated heterocycles. The summed E-state index contributed by atoms with van der Waals surface area (Å²) in [6, 6.07) is 14.0. The Morgan fingerprint density at radius 1 is 1.08 bits per heavy atom. The van der Waals surface area contributed by atoms with Crippen LogP contribution in [0.2, 0.25) is 5.02 Å².